The van der Waals surface area contributed by atoms with E-state index in [1.54, 1.807) is 18.2 Å². The average molecular weight is 421 g/mol. The van der Waals surface area contributed by atoms with Crippen LogP contribution in [0.2, 0.25) is 0 Å². The lowest BCUT2D eigenvalue weighted by Crippen LogP contribution is -2.36. The maximum atomic E-state index is 12.2. The van der Waals surface area contributed by atoms with Crippen molar-refractivity contribution >= 4 is 54.3 Å². The minimum Gasteiger partial charge on any atom is -0.315 e. The van der Waals surface area contributed by atoms with Gasteiger partial charge in [0.25, 0.3) is 0 Å². The first kappa shape index (κ1) is 16.4. The first-order valence-electron chi connectivity index (χ1n) is 5.17. The van der Waals surface area contributed by atoms with Gasteiger partial charge in [0.05, 0.1) is 4.90 Å². The monoisotopic (exact) mass is 418 g/mol. The second-order valence-electron chi connectivity index (χ2n) is 3.89. The summed E-state index contributed by atoms with van der Waals surface area (Å²) in [4.78, 5) is 0.263. The molecule has 1 aromatic carbocycles. The number of rotatable bonds is 3. The van der Waals surface area contributed by atoms with E-state index in [0.29, 0.717) is 11.0 Å². The Kier molecular flexibility index (Phi) is 6.08. The molecule has 1 saturated heterocycles. The zero-order valence-corrected chi connectivity index (χ0v) is 14.1. The molecule has 18 heavy (non-hydrogen) atoms. The Morgan fingerprint density at radius 1 is 1.33 bits per heavy atom. The van der Waals surface area contributed by atoms with Crippen LogP contribution in [0.25, 0.3) is 0 Å². The molecule has 2 rings (SSSR count). The van der Waals surface area contributed by atoms with Gasteiger partial charge in [-0.25, -0.2) is 13.1 Å². The van der Waals surface area contributed by atoms with Crippen LogP contribution in [-0.4, -0.2) is 27.5 Å². The zero-order chi connectivity index (χ0) is 12.5. The molecule has 0 saturated carbocycles. The van der Waals surface area contributed by atoms with Crippen LogP contribution in [0.1, 0.15) is 6.42 Å². The second kappa shape index (κ2) is 6.67. The van der Waals surface area contributed by atoms with Gasteiger partial charge in [0.2, 0.25) is 10.0 Å². The SMILES string of the molecule is Cl.O=S(=O)(NC1CCNC1)c1cc(Br)ccc1Br. The highest BCUT2D eigenvalue weighted by Gasteiger charge is 2.24. The molecule has 102 valence electrons. The molecule has 1 heterocycles. The lowest BCUT2D eigenvalue weighted by atomic mass is 10.3. The molecular formula is C10H13Br2ClN2O2S. The van der Waals surface area contributed by atoms with E-state index in [0.717, 1.165) is 17.4 Å². The number of halogens is 3. The average Bonchev–Trinajstić information content (AvgIpc) is 2.73. The van der Waals surface area contributed by atoms with Crippen molar-refractivity contribution in [1.29, 1.82) is 0 Å². The lowest BCUT2D eigenvalue weighted by Gasteiger charge is -2.13. The van der Waals surface area contributed by atoms with Gasteiger partial charge in [-0.3, -0.25) is 0 Å². The van der Waals surface area contributed by atoms with Gasteiger partial charge in [0.1, 0.15) is 0 Å². The van der Waals surface area contributed by atoms with Crippen LogP contribution >= 0.6 is 44.3 Å². The van der Waals surface area contributed by atoms with Crippen LogP contribution in [0, 0.1) is 0 Å². The molecule has 1 aliphatic heterocycles. The van der Waals surface area contributed by atoms with Crippen molar-refractivity contribution < 1.29 is 8.42 Å². The summed E-state index contributed by atoms with van der Waals surface area (Å²) in [7, 11) is -3.46. The van der Waals surface area contributed by atoms with Crippen molar-refractivity contribution in [2.45, 2.75) is 17.4 Å². The summed E-state index contributed by atoms with van der Waals surface area (Å²) in [5.74, 6) is 0. The van der Waals surface area contributed by atoms with Gasteiger partial charge in [-0.05, 0) is 47.1 Å². The highest BCUT2D eigenvalue weighted by molar-refractivity contribution is 9.11. The molecule has 0 bridgehead atoms. The highest BCUT2D eigenvalue weighted by Crippen LogP contribution is 2.25. The standard InChI is InChI=1S/C10H12Br2N2O2S.ClH/c11-7-1-2-9(12)10(5-7)17(15,16)14-8-3-4-13-6-8;/h1-2,5,8,13-14H,3-4,6H2;1H. The topological polar surface area (TPSA) is 58.2 Å². The number of sulfonamides is 1. The van der Waals surface area contributed by atoms with E-state index in [1.807, 2.05) is 0 Å². The van der Waals surface area contributed by atoms with Gasteiger partial charge in [0.15, 0.2) is 0 Å². The van der Waals surface area contributed by atoms with E-state index in [9.17, 15) is 8.42 Å². The van der Waals surface area contributed by atoms with E-state index >= 15 is 0 Å². The van der Waals surface area contributed by atoms with Crippen LogP contribution in [0.3, 0.4) is 0 Å². The summed E-state index contributed by atoms with van der Waals surface area (Å²) in [6.45, 7) is 1.54. The summed E-state index contributed by atoms with van der Waals surface area (Å²) in [5, 5.41) is 3.12. The molecule has 4 nitrogen and oxygen atoms in total. The maximum absolute atomic E-state index is 12.2. The molecule has 0 aliphatic carbocycles. The Morgan fingerprint density at radius 3 is 2.67 bits per heavy atom. The van der Waals surface area contributed by atoms with Crippen LogP contribution in [0.4, 0.5) is 0 Å². The quantitative estimate of drug-likeness (QED) is 0.789. The fourth-order valence-corrected chi connectivity index (χ4v) is 4.49. The predicted octanol–water partition coefficient (Wildman–Crippen LogP) is 2.27. The van der Waals surface area contributed by atoms with Gasteiger partial charge in [0, 0.05) is 21.5 Å². The summed E-state index contributed by atoms with van der Waals surface area (Å²) in [6, 6.07) is 5.08. The molecular weight excluding hydrogens is 407 g/mol. The minimum absolute atomic E-state index is 0. The van der Waals surface area contributed by atoms with E-state index in [1.165, 1.54) is 0 Å². The van der Waals surface area contributed by atoms with Gasteiger partial charge >= 0.3 is 0 Å². The Bertz CT molecular complexity index is 519. The normalized spacial score (nSPS) is 19.6. The third-order valence-electron chi connectivity index (χ3n) is 2.56. The van der Waals surface area contributed by atoms with Crippen molar-refractivity contribution in [3.63, 3.8) is 0 Å². The van der Waals surface area contributed by atoms with E-state index in [4.69, 9.17) is 0 Å². The first-order chi connectivity index (χ1) is 7.99. The van der Waals surface area contributed by atoms with Crippen LogP contribution in [-0.2, 0) is 10.0 Å². The van der Waals surface area contributed by atoms with E-state index < -0.39 is 10.0 Å². The van der Waals surface area contributed by atoms with Crippen molar-refractivity contribution in [2.24, 2.45) is 0 Å². The molecule has 0 aromatic heterocycles. The van der Waals surface area contributed by atoms with Gasteiger partial charge < -0.3 is 5.32 Å². The highest BCUT2D eigenvalue weighted by atomic mass is 79.9. The molecule has 1 aromatic rings. The summed E-state index contributed by atoms with van der Waals surface area (Å²) >= 11 is 6.54. The molecule has 2 N–H and O–H groups in total. The molecule has 8 heteroatoms. The van der Waals surface area contributed by atoms with Gasteiger partial charge in [-0.2, -0.15) is 0 Å². The Balaban J connectivity index is 0.00000162. The fourth-order valence-electron chi connectivity index (χ4n) is 1.72. The molecule has 1 fully saturated rings. The second-order valence-corrected chi connectivity index (χ2v) is 7.34. The predicted molar refractivity (Wildman–Crippen MR) is 80.7 cm³/mol. The summed E-state index contributed by atoms with van der Waals surface area (Å²) in [5.41, 5.74) is 0. The Hall–Kier alpha value is 0.340. The van der Waals surface area contributed by atoms with Crippen molar-refractivity contribution in [3.8, 4) is 0 Å². The number of hydrogen-bond donors (Lipinski definition) is 2. The van der Waals surface area contributed by atoms with Crippen molar-refractivity contribution in [2.75, 3.05) is 13.1 Å². The summed E-state index contributed by atoms with van der Waals surface area (Å²) < 4.78 is 28.4. The fraction of sp³-hybridized carbons (Fsp3) is 0.400. The third-order valence-corrected chi connectivity index (χ3v) is 5.57. The van der Waals surface area contributed by atoms with Gasteiger partial charge in [-0.15, -0.1) is 12.4 Å². The molecule has 1 aliphatic rings. The molecule has 1 atom stereocenters. The Morgan fingerprint density at radius 2 is 2.06 bits per heavy atom. The Labute approximate surface area is 130 Å². The molecule has 1 unspecified atom stereocenters. The zero-order valence-electron chi connectivity index (χ0n) is 9.32. The smallest absolute Gasteiger partial charge is 0.242 e. The van der Waals surface area contributed by atoms with Gasteiger partial charge in [-0.1, -0.05) is 15.9 Å². The van der Waals surface area contributed by atoms with Crippen LogP contribution in [0.5, 0.6) is 0 Å². The molecule has 0 spiro atoms. The van der Waals surface area contributed by atoms with Crippen molar-refractivity contribution in [1.82, 2.24) is 10.0 Å². The number of benzene rings is 1. The number of hydrogen-bond acceptors (Lipinski definition) is 3. The third kappa shape index (κ3) is 3.91. The van der Waals surface area contributed by atoms with E-state index in [2.05, 4.69) is 41.9 Å². The van der Waals surface area contributed by atoms with E-state index in [-0.39, 0.29) is 23.3 Å². The minimum atomic E-state index is -3.46. The molecule has 0 radical (unpaired) electrons. The lowest BCUT2D eigenvalue weighted by molar-refractivity contribution is 0.559. The number of nitrogens with one attached hydrogen (secondary N) is 2. The van der Waals surface area contributed by atoms with Crippen molar-refractivity contribution in [3.05, 3.63) is 27.1 Å². The summed E-state index contributed by atoms with van der Waals surface area (Å²) in [6.07, 6.45) is 0.824. The first-order valence-corrected chi connectivity index (χ1v) is 8.24. The van der Waals surface area contributed by atoms with Crippen LogP contribution < -0.4 is 10.0 Å². The maximum Gasteiger partial charge on any atom is 0.242 e. The largest absolute Gasteiger partial charge is 0.315 e. The van der Waals surface area contributed by atoms with Crippen LogP contribution in [0.15, 0.2) is 32.0 Å². The molecule has 0 amide bonds.